The molecule has 0 saturated carbocycles. The molecule has 132 valence electrons. The van der Waals surface area contributed by atoms with E-state index in [1.54, 1.807) is 17.8 Å². The van der Waals surface area contributed by atoms with Gasteiger partial charge in [-0.1, -0.05) is 19.1 Å². The van der Waals surface area contributed by atoms with Crippen LogP contribution in [0.5, 0.6) is 0 Å². The highest BCUT2D eigenvalue weighted by molar-refractivity contribution is 7.99. The lowest BCUT2D eigenvalue weighted by Crippen LogP contribution is -2.39. The Morgan fingerprint density at radius 3 is 2.88 bits per heavy atom. The zero-order valence-electron chi connectivity index (χ0n) is 14.2. The van der Waals surface area contributed by atoms with Crippen LogP contribution in [0.15, 0.2) is 35.2 Å². The summed E-state index contributed by atoms with van der Waals surface area (Å²) in [4.78, 5) is 27.4. The first kappa shape index (κ1) is 17.5. The first-order chi connectivity index (χ1) is 12.1. The number of aromatic nitrogens is 2. The van der Waals surface area contributed by atoms with Crippen molar-refractivity contribution in [1.82, 2.24) is 15.1 Å². The lowest BCUT2D eigenvalue weighted by Gasteiger charge is -2.35. The van der Waals surface area contributed by atoms with Gasteiger partial charge in [-0.05, 0) is 43.2 Å². The van der Waals surface area contributed by atoms with Gasteiger partial charge in [0, 0.05) is 11.4 Å². The van der Waals surface area contributed by atoms with Gasteiger partial charge < -0.3 is 10.6 Å². The summed E-state index contributed by atoms with van der Waals surface area (Å²) in [7, 11) is 0. The average molecular weight is 358 g/mol. The van der Waals surface area contributed by atoms with Crippen LogP contribution in [0.1, 0.15) is 58.8 Å². The van der Waals surface area contributed by atoms with E-state index in [0.29, 0.717) is 6.54 Å². The highest BCUT2D eigenvalue weighted by Crippen LogP contribution is 2.33. The van der Waals surface area contributed by atoms with E-state index >= 15 is 0 Å². The molecule has 1 aliphatic rings. The molecular formula is C18H22N4O2S. The second kappa shape index (κ2) is 7.74. The number of amides is 2. The maximum atomic E-state index is 13.2. The molecule has 2 amide bonds. The molecule has 3 rings (SSSR count). The van der Waals surface area contributed by atoms with Crippen molar-refractivity contribution >= 4 is 23.6 Å². The van der Waals surface area contributed by atoms with Crippen molar-refractivity contribution in [1.29, 1.82) is 0 Å². The Bertz CT molecular complexity index is 774. The number of nitrogens with two attached hydrogens (primary N) is 1. The number of hydrogen-bond acceptors (Lipinski definition) is 4. The third kappa shape index (κ3) is 3.71. The Balaban J connectivity index is 1.90. The summed E-state index contributed by atoms with van der Waals surface area (Å²) in [5, 5.41) is 6.85. The van der Waals surface area contributed by atoms with Crippen LogP contribution in [0, 0.1) is 0 Å². The molecule has 0 bridgehead atoms. The van der Waals surface area contributed by atoms with Crippen molar-refractivity contribution in [3.05, 3.63) is 47.3 Å². The molecule has 0 spiro atoms. The smallest absolute Gasteiger partial charge is 0.269 e. The topological polar surface area (TPSA) is 92.1 Å². The summed E-state index contributed by atoms with van der Waals surface area (Å²) in [6.07, 6.45) is 2.85. The van der Waals surface area contributed by atoms with Gasteiger partial charge in [0.2, 0.25) is 0 Å². The second-order valence-electron chi connectivity index (χ2n) is 6.01. The number of nitrogens with zero attached hydrogens (tertiary/aromatic N) is 2. The number of likely N-dealkylation sites (tertiary alicyclic amines) is 1. The number of hydrogen-bond donors (Lipinski definition) is 2. The summed E-state index contributed by atoms with van der Waals surface area (Å²) in [5.41, 5.74) is 6.99. The third-order valence-electron chi connectivity index (χ3n) is 4.39. The summed E-state index contributed by atoms with van der Waals surface area (Å²) in [6.45, 7) is 2.77. The maximum Gasteiger partial charge on any atom is 0.269 e. The summed E-state index contributed by atoms with van der Waals surface area (Å²) >= 11 is 1.67. The number of primary amides is 1. The van der Waals surface area contributed by atoms with Crippen LogP contribution in [-0.2, 0) is 0 Å². The van der Waals surface area contributed by atoms with Crippen molar-refractivity contribution < 1.29 is 9.59 Å². The number of aromatic amines is 1. The Morgan fingerprint density at radius 2 is 2.16 bits per heavy atom. The van der Waals surface area contributed by atoms with E-state index in [-0.39, 0.29) is 17.6 Å². The molecule has 1 aromatic carbocycles. The van der Waals surface area contributed by atoms with Crippen LogP contribution in [0.4, 0.5) is 0 Å². The van der Waals surface area contributed by atoms with Gasteiger partial charge in [0.15, 0.2) is 0 Å². The predicted molar refractivity (Wildman–Crippen MR) is 97.6 cm³/mol. The highest BCUT2D eigenvalue weighted by atomic mass is 32.2. The molecule has 1 unspecified atom stereocenters. The molecule has 1 atom stereocenters. The molecule has 25 heavy (non-hydrogen) atoms. The van der Waals surface area contributed by atoms with Gasteiger partial charge in [0.05, 0.1) is 17.3 Å². The standard InChI is InChI=1S/C18H22N4O2S/c1-2-25-16-9-4-3-7-12(16)18(24)22-10-6-5-8-15(22)13-11-14(17(19)23)21-20-13/h3-4,7,9,11,15H,2,5-6,8,10H2,1H3,(H2,19,23)(H,20,21). The fourth-order valence-corrected chi connectivity index (χ4v) is 4.01. The van der Waals surface area contributed by atoms with Crippen LogP contribution < -0.4 is 5.73 Å². The quantitative estimate of drug-likeness (QED) is 0.804. The van der Waals surface area contributed by atoms with Gasteiger partial charge in [-0.15, -0.1) is 11.8 Å². The van der Waals surface area contributed by atoms with Gasteiger partial charge in [0.1, 0.15) is 5.69 Å². The Labute approximate surface area is 151 Å². The minimum absolute atomic E-state index is 0.0245. The van der Waals surface area contributed by atoms with Crippen LogP contribution in [0.2, 0.25) is 0 Å². The molecule has 7 heteroatoms. The van der Waals surface area contributed by atoms with Crippen LogP contribution >= 0.6 is 11.8 Å². The minimum atomic E-state index is -0.569. The van der Waals surface area contributed by atoms with Gasteiger partial charge in [-0.25, -0.2) is 0 Å². The van der Waals surface area contributed by atoms with Crippen LogP contribution in [-0.4, -0.2) is 39.2 Å². The number of benzene rings is 1. The Morgan fingerprint density at radius 1 is 1.36 bits per heavy atom. The largest absolute Gasteiger partial charge is 0.364 e. The van der Waals surface area contributed by atoms with E-state index in [9.17, 15) is 9.59 Å². The monoisotopic (exact) mass is 358 g/mol. The lowest BCUT2D eigenvalue weighted by atomic mass is 9.98. The average Bonchev–Trinajstić information content (AvgIpc) is 3.12. The number of nitrogens with one attached hydrogen (secondary N) is 1. The van der Waals surface area contributed by atoms with Crippen molar-refractivity contribution in [2.45, 2.75) is 37.1 Å². The van der Waals surface area contributed by atoms with Gasteiger partial charge in [0.25, 0.3) is 11.8 Å². The van der Waals surface area contributed by atoms with Gasteiger partial charge >= 0.3 is 0 Å². The first-order valence-corrected chi connectivity index (χ1v) is 9.48. The molecule has 0 radical (unpaired) electrons. The fourth-order valence-electron chi connectivity index (χ4n) is 3.21. The van der Waals surface area contributed by atoms with Crippen LogP contribution in [0.3, 0.4) is 0 Å². The second-order valence-corrected chi connectivity index (χ2v) is 7.32. The van der Waals surface area contributed by atoms with E-state index in [2.05, 4.69) is 17.1 Å². The highest BCUT2D eigenvalue weighted by Gasteiger charge is 2.31. The zero-order chi connectivity index (χ0) is 17.8. The summed E-state index contributed by atoms with van der Waals surface area (Å²) < 4.78 is 0. The van der Waals surface area contributed by atoms with E-state index < -0.39 is 5.91 Å². The molecule has 2 aromatic rings. The molecule has 1 saturated heterocycles. The molecule has 3 N–H and O–H groups in total. The lowest BCUT2D eigenvalue weighted by molar-refractivity contribution is 0.0602. The van der Waals surface area contributed by atoms with Crippen molar-refractivity contribution in [2.75, 3.05) is 12.3 Å². The van der Waals surface area contributed by atoms with Crippen molar-refractivity contribution in [3.8, 4) is 0 Å². The van der Waals surface area contributed by atoms with Gasteiger partial charge in [-0.2, -0.15) is 5.10 Å². The number of rotatable bonds is 5. The number of carbonyl (C=O) groups is 2. The Kier molecular flexibility index (Phi) is 5.43. The zero-order valence-corrected chi connectivity index (χ0v) is 15.0. The van der Waals surface area contributed by atoms with Gasteiger partial charge in [-0.3, -0.25) is 14.7 Å². The molecule has 0 aliphatic carbocycles. The third-order valence-corrected chi connectivity index (χ3v) is 5.35. The van der Waals surface area contributed by atoms with E-state index in [0.717, 1.165) is 41.2 Å². The number of piperidine rings is 1. The fraction of sp³-hybridized carbons (Fsp3) is 0.389. The van der Waals surface area contributed by atoms with Crippen molar-refractivity contribution in [3.63, 3.8) is 0 Å². The van der Waals surface area contributed by atoms with Crippen LogP contribution in [0.25, 0.3) is 0 Å². The number of H-pyrrole nitrogens is 1. The maximum absolute atomic E-state index is 13.2. The first-order valence-electron chi connectivity index (χ1n) is 8.49. The molecular weight excluding hydrogens is 336 g/mol. The molecule has 1 aromatic heterocycles. The molecule has 1 aliphatic heterocycles. The number of carbonyl (C=O) groups excluding carboxylic acids is 2. The van der Waals surface area contributed by atoms with E-state index in [1.807, 2.05) is 29.2 Å². The molecule has 6 nitrogen and oxygen atoms in total. The minimum Gasteiger partial charge on any atom is -0.364 e. The molecule has 2 heterocycles. The summed E-state index contributed by atoms with van der Waals surface area (Å²) in [5.74, 6) is 0.369. The molecule has 1 fully saturated rings. The normalized spacial score (nSPS) is 17.5. The van der Waals surface area contributed by atoms with Crippen molar-refractivity contribution in [2.24, 2.45) is 5.73 Å². The SMILES string of the molecule is CCSc1ccccc1C(=O)N1CCCCC1c1cc(C(N)=O)n[nH]1. The predicted octanol–water partition coefficient (Wildman–Crippen LogP) is 2.99. The Hall–Kier alpha value is -2.28. The number of thioether (sulfide) groups is 1. The van der Waals surface area contributed by atoms with E-state index in [1.165, 1.54) is 0 Å². The summed E-state index contributed by atoms with van der Waals surface area (Å²) in [6, 6.07) is 9.27. The van der Waals surface area contributed by atoms with E-state index in [4.69, 9.17) is 5.73 Å².